The first-order valence-corrected chi connectivity index (χ1v) is 5.06. The predicted octanol–water partition coefficient (Wildman–Crippen LogP) is 0.658. The van der Waals surface area contributed by atoms with Crippen LogP contribution in [0.3, 0.4) is 0 Å². The van der Waals surface area contributed by atoms with Crippen molar-refractivity contribution in [2.75, 3.05) is 37.4 Å². The SMILES string of the molecule is CNc1ccc(N(C)CCN)cc1OC=O. The summed E-state index contributed by atoms with van der Waals surface area (Å²) in [5.74, 6) is 0.513. The molecule has 0 unspecified atom stereocenters. The van der Waals surface area contributed by atoms with E-state index in [0.29, 0.717) is 18.8 Å². The van der Waals surface area contributed by atoms with Gasteiger partial charge in [0.25, 0.3) is 6.47 Å². The van der Waals surface area contributed by atoms with Gasteiger partial charge in [-0.1, -0.05) is 0 Å². The van der Waals surface area contributed by atoms with E-state index in [-0.39, 0.29) is 0 Å². The van der Waals surface area contributed by atoms with Crippen LogP contribution in [0.2, 0.25) is 0 Å². The van der Waals surface area contributed by atoms with Gasteiger partial charge in [-0.2, -0.15) is 0 Å². The molecule has 5 nitrogen and oxygen atoms in total. The van der Waals surface area contributed by atoms with Crippen LogP contribution in [0, 0.1) is 0 Å². The van der Waals surface area contributed by atoms with Crippen molar-refractivity contribution in [1.29, 1.82) is 0 Å². The maximum atomic E-state index is 10.4. The lowest BCUT2D eigenvalue weighted by atomic mass is 10.2. The third-order valence-electron chi connectivity index (χ3n) is 2.31. The molecule has 0 heterocycles. The average Bonchev–Trinajstić information content (AvgIpc) is 2.29. The molecular formula is C11H17N3O2. The van der Waals surface area contributed by atoms with E-state index in [9.17, 15) is 4.79 Å². The van der Waals surface area contributed by atoms with Gasteiger partial charge in [0.05, 0.1) is 5.69 Å². The number of hydrogen-bond acceptors (Lipinski definition) is 5. The normalized spacial score (nSPS) is 9.69. The fraction of sp³-hybridized carbons (Fsp3) is 0.364. The molecule has 0 bridgehead atoms. The minimum atomic E-state index is 0.420. The summed E-state index contributed by atoms with van der Waals surface area (Å²) in [5.41, 5.74) is 7.21. The maximum Gasteiger partial charge on any atom is 0.298 e. The highest BCUT2D eigenvalue weighted by Gasteiger charge is 2.06. The highest BCUT2D eigenvalue weighted by Crippen LogP contribution is 2.28. The Morgan fingerprint density at radius 1 is 1.56 bits per heavy atom. The van der Waals surface area contributed by atoms with E-state index >= 15 is 0 Å². The zero-order chi connectivity index (χ0) is 12.0. The number of ether oxygens (including phenoxy) is 1. The first kappa shape index (κ1) is 12.3. The molecule has 0 aliphatic carbocycles. The fourth-order valence-corrected chi connectivity index (χ4v) is 1.43. The summed E-state index contributed by atoms with van der Waals surface area (Å²) < 4.78 is 4.90. The summed E-state index contributed by atoms with van der Waals surface area (Å²) in [6.07, 6.45) is 0. The van der Waals surface area contributed by atoms with Crippen molar-refractivity contribution in [3.63, 3.8) is 0 Å². The second-order valence-corrected chi connectivity index (χ2v) is 3.35. The van der Waals surface area contributed by atoms with Crippen molar-refractivity contribution < 1.29 is 9.53 Å². The van der Waals surface area contributed by atoms with Crippen molar-refractivity contribution in [2.45, 2.75) is 0 Å². The number of carbonyl (C=O) groups is 1. The predicted molar refractivity (Wildman–Crippen MR) is 65.0 cm³/mol. The van der Waals surface area contributed by atoms with Gasteiger partial charge in [-0.15, -0.1) is 0 Å². The molecule has 0 fully saturated rings. The number of carbonyl (C=O) groups excluding carboxylic acids is 1. The van der Waals surface area contributed by atoms with Gasteiger partial charge in [0, 0.05) is 38.9 Å². The second kappa shape index (κ2) is 5.97. The molecule has 1 rings (SSSR count). The Balaban J connectivity index is 2.96. The van der Waals surface area contributed by atoms with Crippen LogP contribution in [0.5, 0.6) is 5.75 Å². The lowest BCUT2D eigenvalue weighted by Gasteiger charge is -2.19. The van der Waals surface area contributed by atoms with Crippen molar-refractivity contribution in [2.24, 2.45) is 5.73 Å². The van der Waals surface area contributed by atoms with Gasteiger partial charge >= 0.3 is 0 Å². The first-order valence-electron chi connectivity index (χ1n) is 5.06. The smallest absolute Gasteiger partial charge is 0.298 e. The third kappa shape index (κ3) is 2.87. The van der Waals surface area contributed by atoms with E-state index in [1.165, 1.54) is 0 Å². The minimum Gasteiger partial charge on any atom is -0.426 e. The highest BCUT2D eigenvalue weighted by molar-refractivity contribution is 5.67. The summed E-state index contributed by atoms with van der Waals surface area (Å²) in [6, 6.07) is 5.61. The van der Waals surface area contributed by atoms with Gasteiger partial charge in [-0.3, -0.25) is 4.79 Å². The van der Waals surface area contributed by atoms with Crippen molar-refractivity contribution in [3.8, 4) is 5.75 Å². The van der Waals surface area contributed by atoms with Crippen LogP contribution < -0.4 is 20.7 Å². The Hall–Kier alpha value is -1.75. The standard InChI is InChI=1S/C11H17N3O2/c1-13-10-4-3-9(14(2)6-5-12)7-11(10)16-8-15/h3-4,7-8,13H,5-6,12H2,1-2H3. The molecule has 0 amide bonds. The van der Waals surface area contributed by atoms with Gasteiger partial charge < -0.3 is 20.7 Å². The number of hydrogen-bond donors (Lipinski definition) is 2. The van der Waals surface area contributed by atoms with Crippen molar-refractivity contribution in [1.82, 2.24) is 0 Å². The fourth-order valence-electron chi connectivity index (χ4n) is 1.43. The molecule has 0 aliphatic heterocycles. The third-order valence-corrected chi connectivity index (χ3v) is 2.31. The summed E-state index contributed by atoms with van der Waals surface area (Å²) in [6.45, 7) is 1.75. The Labute approximate surface area is 95.2 Å². The molecule has 16 heavy (non-hydrogen) atoms. The molecule has 0 radical (unpaired) electrons. The van der Waals surface area contributed by atoms with Gasteiger partial charge in [-0.25, -0.2) is 0 Å². The molecule has 0 spiro atoms. The molecule has 0 aromatic heterocycles. The molecular weight excluding hydrogens is 206 g/mol. The molecule has 0 saturated carbocycles. The van der Waals surface area contributed by atoms with Gasteiger partial charge in [0.1, 0.15) is 0 Å². The monoisotopic (exact) mass is 223 g/mol. The van der Waals surface area contributed by atoms with E-state index in [1.807, 2.05) is 24.1 Å². The molecule has 5 heteroatoms. The number of nitrogens with one attached hydrogen (secondary N) is 1. The summed E-state index contributed by atoms with van der Waals surface area (Å²) in [4.78, 5) is 12.4. The summed E-state index contributed by atoms with van der Waals surface area (Å²) >= 11 is 0. The Morgan fingerprint density at radius 3 is 2.88 bits per heavy atom. The molecule has 88 valence electrons. The van der Waals surface area contributed by atoms with E-state index in [4.69, 9.17) is 10.5 Å². The molecule has 1 aromatic rings. The van der Waals surface area contributed by atoms with Crippen LogP contribution >= 0.6 is 0 Å². The van der Waals surface area contributed by atoms with Gasteiger partial charge in [0.15, 0.2) is 5.75 Å². The summed E-state index contributed by atoms with van der Waals surface area (Å²) in [5, 5.41) is 2.95. The van der Waals surface area contributed by atoms with Crippen LogP contribution in [0.1, 0.15) is 0 Å². The van der Waals surface area contributed by atoms with Crippen LogP contribution in [-0.4, -0.2) is 33.7 Å². The lowest BCUT2D eigenvalue weighted by molar-refractivity contribution is -0.120. The molecule has 0 atom stereocenters. The van der Waals surface area contributed by atoms with Crippen LogP contribution in [0.4, 0.5) is 11.4 Å². The zero-order valence-electron chi connectivity index (χ0n) is 9.56. The summed E-state index contributed by atoms with van der Waals surface area (Å²) in [7, 11) is 3.71. The van der Waals surface area contributed by atoms with E-state index in [2.05, 4.69) is 5.32 Å². The van der Waals surface area contributed by atoms with Crippen molar-refractivity contribution in [3.05, 3.63) is 18.2 Å². The minimum absolute atomic E-state index is 0.420. The van der Waals surface area contributed by atoms with Crippen LogP contribution in [0.25, 0.3) is 0 Å². The molecule has 0 aliphatic rings. The van der Waals surface area contributed by atoms with Gasteiger partial charge in [0.2, 0.25) is 0 Å². The highest BCUT2D eigenvalue weighted by atomic mass is 16.5. The number of anilines is 2. The largest absolute Gasteiger partial charge is 0.426 e. The Bertz CT molecular complexity index is 355. The first-order chi connectivity index (χ1) is 7.72. The number of nitrogens with zero attached hydrogens (tertiary/aromatic N) is 1. The number of rotatable bonds is 6. The molecule has 3 N–H and O–H groups in total. The maximum absolute atomic E-state index is 10.4. The topological polar surface area (TPSA) is 67.6 Å². The van der Waals surface area contributed by atoms with E-state index in [0.717, 1.165) is 17.9 Å². The zero-order valence-corrected chi connectivity index (χ0v) is 9.56. The number of nitrogens with two attached hydrogens (primary N) is 1. The van der Waals surface area contributed by atoms with Gasteiger partial charge in [-0.05, 0) is 12.1 Å². The number of benzene rings is 1. The van der Waals surface area contributed by atoms with Crippen molar-refractivity contribution >= 4 is 17.8 Å². The van der Waals surface area contributed by atoms with Crippen LogP contribution in [-0.2, 0) is 4.79 Å². The average molecular weight is 223 g/mol. The molecule has 1 aromatic carbocycles. The second-order valence-electron chi connectivity index (χ2n) is 3.35. The van der Waals surface area contributed by atoms with E-state index in [1.54, 1.807) is 13.1 Å². The Kier molecular flexibility index (Phi) is 4.60. The lowest BCUT2D eigenvalue weighted by Crippen LogP contribution is -2.24. The van der Waals surface area contributed by atoms with E-state index < -0.39 is 0 Å². The van der Waals surface area contributed by atoms with Crippen LogP contribution in [0.15, 0.2) is 18.2 Å². The number of likely N-dealkylation sites (N-methyl/N-ethyl adjacent to an activating group) is 1. The quantitative estimate of drug-likeness (QED) is 0.693. The Morgan fingerprint density at radius 2 is 2.31 bits per heavy atom. The molecule has 0 saturated heterocycles.